The van der Waals surface area contributed by atoms with Crippen LogP contribution in [0.3, 0.4) is 0 Å². The van der Waals surface area contributed by atoms with Crippen LogP contribution in [0, 0.1) is 0 Å². The van der Waals surface area contributed by atoms with Crippen molar-refractivity contribution in [3.05, 3.63) is 87.4 Å². The Balaban J connectivity index is 1.27. The fraction of sp³-hybridized carbons (Fsp3) is 0.276. The molecule has 1 heterocycles. The van der Waals surface area contributed by atoms with Gasteiger partial charge >= 0.3 is 0 Å². The molecule has 1 fully saturated rings. The summed E-state index contributed by atoms with van der Waals surface area (Å²) in [5, 5.41) is 11.0. The zero-order valence-corrected chi connectivity index (χ0v) is 22.0. The Morgan fingerprint density at radius 1 is 0.889 bits per heavy atom. The molecule has 0 N–H and O–H groups in total. The van der Waals surface area contributed by atoms with Crippen LogP contribution >= 0.6 is 35.0 Å². The van der Waals surface area contributed by atoms with Gasteiger partial charge in [0.05, 0.1) is 10.8 Å². The first-order valence-corrected chi connectivity index (χ1v) is 14.1. The largest absolute Gasteiger partial charge is 0.299 e. The third-order valence-electron chi connectivity index (χ3n) is 7.23. The number of hydrogen-bond donors (Lipinski definition) is 0. The fourth-order valence-electron chi connectivity index (χ4n) is 5.41. The van der Waals surface area contributed by atoms with Gasteiger partial charge in [-0.2, -0.15) is 0 Å². The highest BCUT2D eigenvalue weighted by Gasteiger charge is 2.26. The quantitative estimate of drug-likeness (QED) is 0.162. The third-order valence-corrected chi connectivity index (χ3v) is 8.72. The van der Waals surface area contributed by atoms with E-state index < -0.39 is 0 Å². The molecule has 1 saturated carbocycles. The summed E-state index contributed by atoms with van der Waals surface area (Å²) in [6.45, 7) is 0. The Bertz CT molecular complexity index is 1460. The minimum Gasteiger partial charge on any atom is -0.299 e. The summed E-state index contributed by atoms with van der Waals surface area (Å²) in [7, 11) is 0. The van der Waals surface area contributed by atoms with Crippen molar-refractivity contribution in [2.45, 2.75) is 49.7 Å². The Morgan fingerprint density at radius 3 is 2.53 bits per heavy atom. The minimum atomic E-state index is 0.0939. The van der Waals surface area contributed by atoms with Crippen molar-refractivity contribution in [1.29, 1.82) is 0 Å². The molecule has 4 aromatic rings. The second-order valence-electron chi connectivity index (χ2n) is 9.51. The fourth-order valence-corrected chi connectivity index (χ4v) is 6.80. The number of halogens is 2. The van der Waals surface area contributed by atoms with Gasteiger partial charge in [-0.3, -0.25) is 9.36 Å². The summed E-state index contributed by atoms with van der Waals surface area (Å²) in [5.74, 6) is 1.14. The van der Waals surface area contributed by atoms with E-state index in [9.17, 15) is 4.79 Å². The molecule has 2 aliphatic carbocycles. The summed E-state index contributed by atoms with van der Waals surface area (Å²) in [5.41, 5.74) is 6.56. The maximum Gasteiger partial charge on any atom is 0.192 e. The lowest BCUT2D eigenvalue weighted by Crippen LogP contribution is -2.15. The SMILES string of the molecule is O=C(CSc1nnc(-c2ccc(Cl)cc2Cl)n1C1CCCCC1)c1ccc2c(c1)-c1ccccc1C2. The number of benzene rings is 3. The normalized spacial score (nSPS) is 15.1. The monoisotopic (exact) mass is 533 g/mol. The summed E-state index contributed by atoms with van der Waals surface area (Å²) < 4.78 is 2.20. The molecule has 6 rings (SSSR count). The Kier molecular flexibility index (Phi) is 6.63. The molecular weight excluding hydrogens is 509 g/mol. The molecule has 7 heteroatoms. The van der Waals surface area contributed by atoms with Crippen molar-refractivity contribution in [2.24, 2.45) is 0 Å². The van der Waals surface area contributed by atoms with Crippen molar-refractivity contribution < 1.29 is 4.79 Å². The van der Waals surface area contributed by atoms with E-state index in [0.29, 0.717) is 21.8 Å². The van der Waals surface area contributed by atoms with Crippen LogP contribution in [0.4, 0.5) is 0 Å². The molecule has 36 heavy (non-hydrogen) atoms. The van der Waals surface area contributed by atoms with Crippen LogP contribution in [0.1, 0.15) is 59.6 Å². The van der Waals surface area contributed by atoms with Crippen LogP contribution in [0.2, 0.25) is 10.0 Å². The maximum absolute atomic E-state index is 13.3. The number of carbonyl (C=O) groups is 1. The average molecular weight is 535 g/mol. The van der Waals surface area contributed by atoms with Gasteiger partial charge in [0.2, 0.25) is 0 Å². The number of Topliss-reactive ketones (excluding diaryl/α,β-unsaturated/α-hetero) is 1. The van der Waals surface area contributed by atoms with Gasteiger partial charge in [-0.25, -0.2) is 0 Å². The number of thioether (sulfide) groups is 1. The molecule has 0 aliphatic heterocycles. The molecule has 3 aromatic carbocycles. The van der Waals surface area contributed by atoms with Gasteiger partial charge < -0.3 is 0 Å². The smallest absolute Gasteiger partial charge is 0.192 e. The van der Waals surface area contributed by atoms with Crippen LogP contribution < -0.4 is 0 Å². The first-order chi connectivity index (χ1) is 17.6. The molecular formula is C29H25Cl2N3OS. The number of carbonyl (C=O) groups excluding carboxylic acids is 1. The molecule has 0 atom stereocenters. The summed E-state index contributed by atoms with van der Waals surface area (Å²) in [6.07, 6.45) is 6.67. The first kappa shape index (κ1) is 23.8. The van der Waals surface area contributed by atoms with E-state index in [1.165, 1.54) is 53.3 Å². The second-order valence-corrected chi connectivity index (χ2v) is 11.3. The van der Waals surface area contributed by atoms with E-state index in [0.717, 1.165) is 41.4 Å². The standard InChI is InChI=1S/C29H25Cl2N3OS/c30-21-12-13-24(26(31)16-21)28-32-33-29(34(28)22-7-2-1-3-8-22)36-17-27(35)20-11-10-19-14-18-6-4-5-9-23(18)25(19)15-20/h4-6,9-13,15-16,22H,1-3,7-8,14,17H2. The summed E-state index contributed by atoms with van der Waals surface area (Å²) >= 11 is 14.1. The number of nitrogens with zero attached hydrogens (tertiary/aromatic N) is 3. The Hall–Kier alpha value is -2.60. The second kappa shape index (κ2) is 10.0. The lowest BCUT2D eigenvalue weighted by molar-refractivity contribution is 0.102. The highest BCUT2D eigenvalue weighted by atomic mass is 35.5. The molecule has 4 nitrogen and oxygen atoms in total. The minimum absolute atomic E-state index is 0.0939. The lowest BCUT2D eigenvalue weighted by atomic mass is 9.95. The molecule has 1 aromatic heterocycles. The van der Waals surface area contributed by atoms with E-state index in [-0.39, 0.29) is 5.78 Å². The number of hydrogen-bond acceptors (Lipinski definition) is 4. The van der Waals surface area contributed by atoms with Crippen molar-refractivity contribution in [2.75, 3.05) is 5.75 Å². The summed E-state index contributed by atoms with van der Waals surface area (Å²) in [4.78, 5) is 13.3. The van der Waals surface area contributed by atoms with E-state index >= 15 is 0 Å². The maximum atomic E-state index is 13.3. The van der Waals surface area contributed by atoms with Crippen molar-refractivity contribution in [3.8, 4) is 22.5 Å². The van der Waals surface area contributed by atoms with Crippen LogP contribution in [0.5, 0.6) is 0 Å². The molecule has 0 amide bonds. The van der Waals surface area contributed by atoms with E-state index in [1.807, 2.05) is 18.2 Å². The molecule has 0 bridgehead atoms. The van der Waals surface area contributed by atoms with E-state index in [2.05, 4.69) is 51.2 Å². The number of rotatable bonds is 6. The molecule has 0 unspecified atom stereocenters. The van der Waals surface area contributed by atoms with Crippen LogP contribution in [-0.2, 0) is 6.42 Å². The average Bonchev–Trinajstić information content (AvgIpc) is 3.49. The van der Waals surface area contributed by atoms with Gasteiger partial charge in [0.1, 0.15) is 0 Å². The van der Waals surface area contributed by atoms with Gasteiger partial charge in [-0.1, -0.05) is 90.6 Å². The number of fused-ring (bicyclic) bond motifs is 3. The van der Waals surface area contributed by atoms with Crippen molar-refractivity contribution >= 4 is 40.7 Å². The predicted molar refractivity (Wildman–Crippen MR) is 147 cm³/mol. The summed E-state index contributed by atoms with van der Waals surface area (Å²) in [6, 6.07) is 20.3. The van der Waals surface area contributed by atoms with Crippen molar-refractivity contribution in [3.63, 3.8) is 0 Å². The highest BCUT2D eigenvalue weighted by Crippen LogP contribution is 2.39. The third kappa shape index (κ3) is 4.49. The van der Waals surface area contributed by atoms with E-state index in [1.54, 1.807) is 6.07 Å². The van der Waals surface area contributed by atoms with Gasteiger partial charge in [0.25, 0.3) is 0 Å². The van der Waals surface area contributed by atoms with Crippen molar-refractivity contribution in [1.82, 2.24) is 14.8 Å². The van der Waals surface area contributed by atoms with Crippen LogP contribution in [-0.4, -0.2) is 26.3 Å². The Morgan fingerprint density at radius 2 is 1.69 bits per heavy atom. The zero-order chi connectivity index (χ0) is 24.6. The van der Waals surface area contributed by atoms with Gasteiger partial charge in [0, 0.05) is 22.2 Å². The highest BCUT2D eigenvalue weighted by molar-refractivity contribution is 7.99. The molecule has 0 spiro atoms. The van der Waals surface area contributed by atoms with Crippen LogP contribution in [0.15, 0.2) is 65.8 Å². The zero-order valence-electron chi connectivity index (χ0n) is 19.7. The molecule has 0 saturated heterocycles. The van der Waals surface area contributed by atoms with Gasteiger partial charge in [-0.15, -0.1) is 10.2 Å². The lowest BCUT2D eigenvalue weighted by Gasteiger charge is -2.25. The van der Waals surface area contributed by atoms with Crippen LogP contribution in [0.25, 0.3) is 22.5 Å². The van der Waals surface area contributed by atoms with Gasteiger partial charge in [0.15, 0.2) is 16.8 Å². The topological polar surface area (TPSA) is 47.8 Å². The molecule has 182 valence electrons. The van der Waals surface area contributed by atoms with E-state index in [4.69, 9.17) is 23.2 Å². The Labute approximate surface area is 225 Å². The predicted octanol–water partition coefficient (Wildman–Crippen LogP) is 8.30. The number of ketones is 1. The molecule has 2 aliphatic rings. The molecule has 0 radical (unpaired) electrons. The first-order valence-electron chi connectivity index (χ1n) is 12.4. The van der Waals surface area contributed by atoms with Gasteiger partial charge in [-0.05, 0) is 65.8 Å². The number of aromatic nitrogens is 3.